The standard InChI is InChI=1S/C17H17NO2/c1-12(19)13-6-8-14(9-7-13)18-16-10-11-20-17-5-3-2-4-15(16)17/h2-9,16,18H,10-11H2,1H3. The van der Waals surface area contributed by atoms with Gasteiger partial charge in [-0.25, -0.2) is 0 Å². The number of para-hydroxylation sites is 1. The summed E-state index contributed by atoms with van der Waals surface area (Å²) in [5, 5.41) is 3.51. The minimum atomic E-state index is 0.0907. The normalized spacial score (nSPS) is 16.9. The largest absolute Gasteiger partial charge is 0.493 e. The van der Waals surface area contributed by atoms with Crippen molar-refractivity contribution >= 4 is 11.5 Å². The molecular formula is C17H17NO2. The van der Waals surface area contributed by atoms with Crippen LogP contribution < -0.4 is 10.1 Å². The molecule has 3 rings (SSSR count). The second-order valence-electron chi connectivity index (χ2n) is 5.01. The lowest BCUT2D eigenvalue weighted by Crippen LogP contribution is -2.20. The average Bonchev–Trinajstić information content (AvgIpc) is 2.48. The molecule has 0 fully saturated rings. The number of hydrogen-bond donors (Lipinski definition) is 1. The number of benzene rings is 2. The van der Waals surface area contributed by atoms with Gasteiger partial charge in [-0.2, -0.15) is 0 Å². The van der Waals surface area contributed by atoms with E-state index in [2.05, 4.69) is 11.4 Å². The third kappa shape index (κ3) is 2.52. The highest BCUT2D eigenvalue weighted by molar-refractivity contribution is 5.94. The molecule has 0 saturated heterocycles. The monoisotopic (exact) mass is 267 g/mol. The van der Waals surface area contributed by atoms with Crippen molar-refractivity contribution in [2.24, 2.45) is 0 Å². The summed E-state index contributed by atoms with van der Waals surface area (Å²) in [4.78, 5) is 11.3. The van der Waals surface area contributed by atoms with Crippen molar-refractivity contribution in [1.29, 1.82) is 0 Å². The Labute approximate surface area is 118 Å². The van der Waals surface area contributed by atoms with Crippen LogP contribution >= 0.6 is 0 Å². The summed E-state index contributed by atoms with van der Waals surface area (Å²) < 4.78 is 5.66. The summed E-state index contributed by atoms with van der Waals surface area (Å²) in [5.74, 6) is 1.05. The molecule has 1 unspecified atom stereocenters. The second kappa shape index (κ2) is 5.37. The van der Waals surface area contributed by atoms with E-state index in [0.29, 0.717) is 0 Å². The van der Waals surface area contributed by atoms with E-state index >= 15 is 0 Å². The topological polar surface area (TPSA) is 38.3 Å². The van der Waals surface area contributed by atoms with Crippen LogP contribution in [-0.2, 0) is 0 Å². The van der Waals surface area contributed by atoms with Crippen molar-refractivity contribution in [2.45, 2.75) is 19.4 Å². The molecule has 1 heterocycles. The van der Waals surface area contributed by atoms with Crippen LogP contribution in [0.3, 0.4) is 0 Å². The maximum Gasteiger partial charge on any atom is 0.159 e. The molecule has 20 heavy (non-hydrogen) atoms. The highest BCUT2D eigenvalue weighted by Gasteiger charge is 2.20. The number of nitrogens with one attached hydrogen (secondary N) is 1. The molecule has 0 amide bonds. The summed E-state index contributed by atoms with van der Waals surface area (Å²) in [6.07, 6.45) is 0.936. The second-order valence-corrected chi connectivity index (χ2v) is 5.01. The third-order valence-corrected chi connectivity index (χ3v) is 3.59. The molecule has 0 saturated carbocycles. The van der Waals surface area contributed by atoms with Gasteiger partial charge in [0.2, 0.25) is 0 Å². The number of anilines is 1. The number of ether oxygens (including phenoxy) is 1. The molecule has 0 spiro atoms. The van der Waals surface area contributed by atoms with Gasteiger partial charge in [0.25, 0.3) is 0 Å². The number of ketones is 1. The fourth-order valence-corrected chi connectivity index (χ4v) is 2.49. The van der Waals surface area contributed by atoms with Crippen LogP contribution in [0.5, 0.6) is 5.75 Å². The van der Waals surface area contributed by atoms with Gasteiger partial charge < -0.3 is 10.1 Å². The van der Waals surface area contributed by atoms with Crippen LogP contribution in [0.2, 0.25) is 0 Å². The van der Waals surface area contributed by atoms with Crippen LogP contribution in [-0.4, -0.2) is 12.4 Å². The van der Waals surface area contributed by atoms with E-state index in [9.17, 15) is 4.79 Å². The van der Waals surface area contributed by atoms with E-state index in [-0.39, 0.29) is 11.8 Å². The van der Waals surface area contributed by atoms with Gasteiger partial charge in [0.05, 0.1) is 12.6 Å². The average molecular weight is 267 g/mol. The Balaban J connectivity index is 1.80. The first-order chi connectivity index (χ1) is 9.74. The predicted molar refractivity (Wildman–Crippen MR) is 79.4 cm³/mol. The van der Waals surface area contributed by atoms with Crippen LogP contribution in [0.4, 0.5) is 5.69 Å². The summed E-state index contributed by atoms with van der Waals surface area (Å²) in [6.45, 7) is 2.30. The Hall–Kier alpha value is -2.29. The third-order valence-electron chi connectivity index (χ3n) is 3.59. The lowest BCUT2D eigenvalue weighted by Gasteiger charge is -2.27. The van der Waals surface area contributed by atoms with Gasteiger partial charge in [0.15, 0.2) is 5.78 Å². The van der Waals surface area contributed by atoms with Gasteiger partial charge in [-0.1, -0.05) is 18.2 Å². The number of Topliss-reactive ketones (excluding diaryl/α,β-unsaturated/α-hetero) is 1. The van der Waals surface area contributed by atoms with Gasteiger partial charge in [-0.15, -0.1) is 0 Å². The van der Waals surface area contributed by atoms with E-state index in [1.807, 2.05) is 42.5 Å². The molecule has 102 valence electrons. The van der Waals surface area contributed by atoms with Gasteiger partial charge in [0.1, 0.15) is 5.75 Å². The Morgan fingerprint density at radius 1 is 1.15 bits per heavy atom. The molecule has 1 N–H and O–H groups in total. The van der Waals surface area contributed by atoms with Crippen molar-refractivity contribution in [3.8, 4) is 5.75 Å². The molecular weight excluding hydrogens is 250 g/mol. The van der Waals surface area contributed by atoms with Crippen molar-refractivity contribution in [1.82, 2.24) is 0 Å². The number of carbonyl (C=O) groups excluding carboxylic acids is 1. The molecule has 0 bridgehead atoms. The van der Waals surface area contributed by atoms with Gasteiger partial charge >= 0.3 is 0 Å². The van der Waals surface area contributed by atoms with E-state index in [0.717, 1.165) is 30.0 Å². The number of rotatable bonds is 3. The first-order valence-corrected chi connectivity index (χ1v) is 6.83. The van der Waals surface area contributed by atoms with Crippen molar-refractivity contribution < 1.29 is 9.53 Å². The quantitative estimate of drug-likeness (QED) is 0.859. The Morgan fingerprint density at radius 2 is 1.90 bits per heavy atom. The first-order valence-electron chi connectivity index (χ1n) is 6.83. The maximum atomic E-state index is 11.3. The zero-order chi connectivity index (χ0) is 13.9. The molecule has 0 aliphatic carbocycles. The van der Waals surface area contributed by atoms with E-state index in [1.54, 1.807) is 6.92 Å². The molecule has 0 radical (unpaired) electrons. The van der Waals surface area contributed by atoms with Crippen LogP contribution in [0.15, 0.2) is 48.5 Å². The van der Waals surface area contributed by atoms with Crippen molar-refractivity contribution in [2.75, 3.05) is 11.9 Å². The van der Waals surface area contributed by atoms with Gasteiger partial charge in [-0.05, 0) is 37.3 Å². The molecule has 3 nitrogen and oxygen atoms in total. The highest BCUT2D eigenvalue weighted by atomic mass is 16.5. The van der Waals surface area contributed by atoms with E-state index in [4.69, 9.17) is 4.74 Å². The maximum absolute atomic E-state index is 11.3. The van der Waals surface area contributed by atoms with Gasteiger partial charge in [-0.3, -0.25) is 4.79 Å². The minimum Gasteiger partial charge on any atom is -0.493 e. The van der Waals surface area contributed by atoms with Crippen molar-refractivity contribution in [3.63, 3.8) is 0 Å². The molecule has 0 aromatic heterocycles. The zero-order valence-corrected chi connectivity index (χ0v) is 11.4. The lowest BCUT2D eigenvalue weighted by molar-refractivity contribution is 0.101. The minimum absolute atomic E-state index is 0.0907. The number of hydrogen-bond acceptors (Lipinski definition) is 3. The number of fused-ring (bicyclic) bond motifs is 1. The van der Waals surface area contributed by atoms with Crippen LogP contribution in [0.1, 0.15) is 35.3 Å². The SMILES string of the molecule is CC(=O)c1ccc(NC2CCOc3ccccc32)cc1. The summed E-state index contributed by atoms with van der Waals surface area (Å²) in [6, 6.07) is 16.0. The van der Waals surface area contributed by atoms with Crippen molar-refractivity contribution in [3.05, 3.63) is 59.7 Å². The predicted octanol–water partition coefficient (Wildman–Crippen LogP) is 3.82. The van der Waals surface area contributed by atoms with E-state index < -0.39 is 0 Å². The highest BCUT2D eigenvalue weighted by Crippen LogP contribution is 2.33. The Bertz CT molecular complexity index is 619. The molecule has 3 heteroatoms. The van der Waals surface area contributed by atoms with Crippen LogP contribution in [0.25, 0.3) is 0 Å². The summed E-state index contributed by atoms with van der Waals surface area (Å²) >= 11 is 0. The van der Waals surface area contributed by atoms with Gasteiger partial charge in [0, 0.05) is 23.2 Å². The smallest absolute Gasteiger partial charge is 0.159 e. The lowest BCUT2D eigenvalue weighted by atomic mass is 10.00. The fourth-order valence-electron chi connectivity index (χ4n) is 2.49. The van der Waals surface area contributed by atoms with E-state index in [1.165, 1.54) is 5.56 Å². The number of carbonyl (C=O) groups is 1. The fraction of sp³-hybridized carbons (Fsp3) is 0.235. The molecule has 1 aliphatic rings. The first kappa shape index (κ1) is 12.7. The Morgan fingerprint density at radius 3 is 2.65 bits per heavy atom. The molecule has 1 aliphatic heterocycles. The summed E-state index contributed by atoms with van der Waals surface area (Å²) in [5.41, 5.74) is 2.95. The molecule has 2 aromatic carbocycles. The molecule has 1 atom stereocenters. The summed E-state index contributed by atoms with van der Waals surface area (Å²) in [7, 11) is 0. The van der Waals surface area contributed by atoms with Crippen LogP contribution in [0, 0.1) is 0 Å². The molecule has 2 aromatic rings. The zero-order valence-electron chi connectivity index (χ0n) is 11.4. The Kier molecular flexibility index (Phi) is 3.42.